The molecule has 0 bridgehead atoms. The van der Waals surface area contributed by atoms with E-state index in [1.54, 1.807) is 0 Å². The number of ether oxygens (including phenoxy) is 1. The summed E-state index contributed by atoms with van der Waals surface area (Å²) in [6.45, 7) is 4.59. The number of hydrogen-bond acceptors (Lipinski definition) is 1. The second-order valence-corrected chi connectivity index (χ2v) is 8.44. The molecule has 5 rings (SSSR count). The third-order valence-electron chi connectivity index (χ3n) is 5.56. The summed E-state index contributed by atoms with van der Waals surface area (Å²) in [5, 5.41) is 2.51. The first kappa shape index (κ1) is 16.6. The van der Waals surface area contributed by atoms with Crippen LogP contribution in [0.2, 0.25) is 0 Å². The van der Waals surface area contributed by atoms with Crippen LogP contribution >= 0.6 is 15.9 Å². The molecule has 1 aliphatic heterocycles. The molecule has 0 aliphatic carbocycles. The Morgan fingerprint density at radius 1 is 0.778 bits per heavy atom. The number of benzene rings is 4. The normalized spacial score (nSPS) is 14.3. The van der Waals surface area contributed by atoms with Gasteiger partial charge in [0.25, 0.3) is 0 Å². The highest BCUT2D eigenvalue weighted by Gasteiger charge is 2.36. The summed E-state index contributed by atoms with van der Waals surface area (Å²) in [4.78, 5) is 0. The van der Waals surface area contributed by atoms with Gasteiger partial charge in [-0.25, -0.2) is 0 Å². The number of hydrogen-bond donors (Lipinski definition) is 0. The Bertz CT molecular complexity index is 1180. The molecule has 0 spiro atoms. The molecule has 1 aliphatic rings. The van der Waals surface area contributed by atoms with Crippen molar-refractivity contribution >= 4 is 26.7 Å². The van der Waals surface area contributed by atoms with Crippen molar-refractivity contribution in [2.75, 3.05) is 0 Å². The molecule has 2 heteroatoms. The smallest absolute Gasteiger partial charge is 0.132 e. The number of halogens is 1. The fourth-order valence-electron chi connectivity index (χ4n) is 4.20. The van der Waals surface area contributed by atoms with Crippen LogP contribution in [0.1, 0.15) is 25.0 Å². The van der Waals surface area contributed by atoms with E-state index in [0.29, 0.717) is 0 Å². The van der Waals surface area contributed by atoms with Gasteiger partial charge in [0.2, 0.25) is 0 Å². The Hall–Kier alpha value is -2.58. The van der Waals surface area contributed by atoms with E-state index in [1.807, 2.05) is 6.07 Å². The molecule has 1 nitrogen and oxygen atoms in total. The van der Waals surface area contributed by atoms with E-state index in [-0.39, 0.29) is 5.41 Å². The van der Waals surface area contributed by atoms with Crippen molar-refractivity contribution in [3.05, 3.63) is 94.5 Å². The monoisotopic (exact) mass is 414 g/mol. The Balaban J connectivity index is 1.78. The van der Waals surface area contributed by atoms with Gasteiger partial charge in [0.1, 0.15) is 11.5 Å². The lowest BCUT2D eigenvalue weighted by Crippen LogP contribution is -2.25. The van der Waals surface area contributed by atoms with Gasteiger partial charge < -0.3 is 4.74 Å². The van der Waals surface area contributed by atoms with Crippen LogP contribution < -0.4 is 4.74 Å². The second kappa shape index (κ2) is 5.97. The molecule has 0 N–H and O–H groups in total. The first-order valence-electron chi connectivity index (χ1n) is 9.15. The zero-order chi connectivity index (χ0) is 18.6. The van der Waals surface area contributed by atoms with Gasteiger partial charge in [0.05, 0.1) is 0 Å². The van der Waals surface area contributed by atoms with Crippen LogP contribution in [-0.4, -0.2) is 0 Å². The summed E-state index contributed by atoms with van der Waals surface area (Å²) in [6.07, 6.45) is 0. The van der Waals surface area contributed by atoms with Crippen molar-refractivity contribution in [3.8, 4) is 22.6 Å². The van der Waals surface area contributed by atoms with Gasteiger partial charge in [-0.15, -0.1) is 0 Å². The summed E-state index contributed by atoms with van der Waals surface area (Å²) in [7, 11) is 0. The van der Waals surface area contributed by atoms with Crippen molar-refractivity contribution in [2.24, 2.45) is 0 Å². The van der Waals surface area contributed by atoms with Crippen LogP contribution in [0, 0.1) is 0 Å². The lowest BCUT2D eigenvalue weighted by Gasteiger charge is -2.36. The molecule has 4 aromatic rings. The lowest BCUT2D eigenvalue weighted by molar-refractivity contribution is 0.420. The van der Waals surface area contributed by atoms with Crippen LogP contribution in [-0.2, 0) is 5.41 Å². The Kier molecular flexibility index (Phi) is 3.66. The maximum atomic E-state index is 6.36. The molecule has 1 heterocycles. The molecule has 0 atom stereocenters. The SMILES string of the molecule is CC1(C)c2cc(-c3ccccc3)c(Br)cc2Oc2ccc3ccccc3c21. The highest BCUT2D eigenvalue weighted by molar-refractivity contribution is 9.10. The molecule has 4 aromatic carbocycles. The van der Waals surface area contributed by atoms with E-state index in [2.05, 4.69) is 103 Å². The van der Waals surface area contributed by atoms with Crippen LogP contribution in [0.3, 0.4) is 0 Å². The molecule has 132 valence electrons. The van der Waals surface area contributed by atoms with Crippen molar-refractivity contribution in [1.29, 1.82) is 0 Å². The minimum atomic E-state index is -0.159. The van der Waals surface area contributed by atoms with Crippen molar-refractivity contribution in [1.82, 2.24) is 0 Å². The third-order valence-corrected chi connectivity index (χ3v) is 6.22. The van der Waals surface area contributed by atoms with Crippen molar-refractivity contribution in [3.63, 3.8) is 0 Å². The van der Waals surface area contributed by atoms with Crippen molar-refractivity contribution in [2.45, 2.75) is 19.3 Å². The molecule has 27 heavy (non-hydrogen) atoms. The van der Waals surface area contributed by atoms with E-state index in [1.165, 1.54) is 33.0 Å². The van der Waals surface area contributed by atoms with Gasteiger partial charge in [0, 0.05) is 21.0 Å². The topological polar surface area (TPSA) is 9.23 Å². The maximum absolute atomic E-state index is 6.36. The molecule has 0 aromatic heterocycles. The summed E-state index contributed by atoms with van der Waals surface area (Å²) in [5.41, 5.74) is 4.71. The molecule has 0 saturated heterocycles. The Labute approximate surface area is 167 Å². The summed E-state index contributed by atoms with van der Waals surface area (Å²) in [6, 6.07) is 27.7. The average Bonchev–Trinajstić information content (AvgIpc) is 2.67. The molecular weight excluding hydrogens is 396 g/mol. The summed E-state index contributed by atoms with van der Waals surface area (Å²) >= 11 is 3.75. The molecular formula is C25H19BrO. The number of rotatable bonds is 1. The Morgan fingerprint density at radius 2 is 1.52 bits per heavy atom. The quantitative estimate of drug-likeness (QED) is 0.310. The molecule has 0 fully saturated rings. The fraction of sp³-hybridized carbons (Fsp3) is 0.120. The van der Waals surface area contributed by atoms with Crippen LogP contribution in [0.15, 0.2) is 83.3 Å². The first-order valence-corrected chi connectivity index (χ1v) is 9.94. The molecule has 0 radical (unpaired) electrons. The van der Waals surface area contributed by atoms with E-state index in [9.17, 15) is 0 Å². The zero-order valence-corrected chi connectivity index (χ0v) is 16.9. The fourth-order valence-corrected chi connectivity index (χ4v) is 4.75. The maximum Gasteiger partial charge on any atom is 0.132 e. The van der Waals surface area contributed by atoms with E-state index >= 15 is 0 Å². The van der Waals surface area contributed by atoms with Crippen LogP contribution in [0.5, 0.6) is 11.5 Å². The predicted molar refractivity (Wildman–Crippen MR) is 116 cm³/mol. The second-order valence-electron chi connectivity index (χ2n) is 7.58. The third kappa shape index (κ3) is 2.51. The van der Waals surface area contributed by atoms with Gasteiger partial charge >= 0.3 is 0 Å². The Morgan fingerprint density at radius 3 is 2.33 bits per heavy atom. The van der Waals surface area contributed by atoms with Gasteiger partial charge in [0.15, 0.2) is 0 Å². The zero-order valence-electron chi connectivity index (χ0n) is 15.3. The van der Waals surface area contributed by atoms with Gasteiger partial charge in [-0.2, -0.15) is 0 Å². The molecule has 0 saturated carbocycles. The largest absolute Gasteiger partial charge is 0.457 e. The summed E-state index contributed by atoms with van der Waals surface area (Å²) < 4.78 is 7.41. The highest BCUT2D eigenvalue weighted by Crippen LogP contribution is 2.52. The van der Waals surface area contributed by atoms with E-state index < -0.39 is 0 Å². The van der Waals surface area contributed by atoms with Gasteiger partial charge in [-0.1, -0.05) is 90.4 Å². The van der Waals surface area contributed by atoms with Crippen molar-refractivity contribution < 1.29 is 4.74 Å². The average molecular weight is 415 g/mol. The van der Waals surface area contributed by atoms with E-state index in [4.69, 9.17) is 4.74 Å². The first-order chi connectivity index (χ1) is 13.1. The standard InChI is InChI=1S/C25H19BrO/c1-25(2)20-14-19(16-8-4-3-5-9-16)21(26)15-23(20)27-22-13-12-17-10-6-7-11-18(17)24(22)25/h3-15H,1-2H3. The van der Waals surface area contributed by atoms with Crippen LogP contribution in [0.25, 0.3) is 21.9 Å². The minimum Gasteiger partial charge on any atom is -0.457 e. The van der Waals surface area contributed by atoms with Crippen LogP contribution in [0.4, 0.5) is 0 Å². The highest BCUT2D eigenvalue weighted by atomic mass is 79.9. The van der Waals surface area contributed by atoms with Gasteiger partial charge in [-0.3, -0.25) is 0 Å². The van der Waals surface area contributed by atoms with Gasteiger partial charge in [-0.05, 0) is 40.1 Å². The van der Waals surface area contributed by atoms with E-state index in [0.717, 1.165) is 16.0 Å². The number of fused-ring (bicyclic) bond motifs is 4. The predicted octanol–water partition coefficient (Wildman–Crippen LogP) is 7.70. The molecule has 0 unspecified atom stereocenters. The summed E-state index contributed by atoms with van der Waals surface area (Å²) in [5.74, 6) is 1.87. The molecule has 0 amide bonds. The minimum absolute atomic E-state index is 0.159. The lowest BCUT2D eigenvalue weighted by atomic mass is 9.73.